The number of benzene rings is 2. The Morgan fingerprint density at radius 3 is 2.32 bits per heavy atom. The van der Waals surface area contributed by atoms with Gasteiger partial charge in [-0.05, 0) is 54.7 Å². The van der Waals surface area contributed by atoms with E-state index in [9.17, 15) is 9.59 Å². The maximum Gasteiger partial charge on any atom is 0.315 e. The molecule has 0 radical (unpaired) electrons. The minimum Gasteiger partial charge on any atom is -0.468 e. The van der Waals surface area contributed by atoms with Gasteiger partial charge in [0.15, 0.2) is 5.78 Å². The summed E-state index contributed by atoms with van der Waals surface area (Å²) >= 11 is 18.4. The Kier molecular flexibility index (Phi) is 6.25. The largest absolute Gasteiger partial charge is 0.468 e. The molecule has 0 saturated heterocycles. The number of allylic oxidation sites excluding steroid dienone is 2. The van der Waals surface area contributed by atoms with Gasteiger partial charge in [-0.15, -0.1) is 0 Å². The second-order valence-corrected chi connectivity index (χ2v) is 9.10. The summed E-state index contributed by atoms with van der Waals surface area (Å²) in [5.74, 6) is -1.67. The van der Waals surface area contributed by atoms with E-state index in [2.05, 4.69) is 0 Å². The standard InChI is InChI=1S/C24H20Cl3NO3/c1-12-21(24(30)31-2)22(14-5-8-17(26)18(27)9-14)23-19(28-12)10-15(11-20(23)29)13-3-6-16(25)7-4-13/h3-9,15,21-22H,10-11H2,1-2H3/t15-,21?,22+/m1/s1. The highest BCUT2D eigenvalue weighted by atomic mass is 35.5. The minimum absolute atomic E-state index is 0.00389. The number of ketones is 1. The number of nitrogens with zero attached hydrogens (tertiary/aromatic N) is 1. The number of hydrogen-bond donors (Lipinski definition) is 0. The Bertz CT molecular complexity index is 1120. The van der Waals surface area contributed by atoms with E-state index < -0.39 is 17.8 Å². The maximum absolute atomic E-state index is 13.4. The molecule has 0 N–H and O–H groups in total. The van der Waals surface area contributed by atoms with Crippen molar-refractivity contribution in [1.82, 2.24) is 0 Å². The van der Waals surface area contributed by atoms with Crippen molar-refractivity contribution in [2.75, 3.05) is 7.11 Å². The number of carbonyl (C=O) groups is 2. The average molecular weight is 477 g/mol. The molecule has 4 rings (SSSR count). The number of methoxy groups -OCH3 is 1. The minimum atomic E-state index is -0.697. The van der Waals surface area contributed by atoms with Crippen LogP contribution in [0.2, 0.25) is 15.1 Å². The van der Waals surface area contributed by atoms with Crippen LogP contribution in [-0.2, 0) is 14.3 Å². The fourth-order valence-electron chi connectivity index (χ4n) is 4.53. The molecule has 0 saturated carbocycles. The molecule has 2 aromatic rings. The van der Waals surface area contributed by atoms with E-state index in [0.717, 1.165) is 11.1 Å². The van der Waals surface area contributed by atoms with Crippen LogP contribution in [0.15, 0.2) is 58.7 Å². The first-order chi connectivity index (χ1) is 14.8. The Hall–Kier alpha value is -2.14. The van der Waals surface area contributed by atoms with Crippen LogP contribution >= 0.6 is 34.8 Å². The average Bonchev–Trinajstić information content (AvgIpc) is 2.74. The first-order valence-corrected chi connectivity index (χ1v) is 11.0. The molecule has 1 aliphatic carbocycles. The molecule has 0 amide bonds. The van der Waals surface area contributed by atoms with Crippen LogP contribution in [0.4, 0.5) is 0 Å². The normalized spacial score (nSPS) is 23.3. The van der Waals surface area contributed by atoms with Gasteiger partial charge in [-0.25, -0.2) is 0 Å². The predicted molar refractivity (Wildman–Crippen MR) is 123 cm³/mol. The lowest BCUT2D eigenvalue weighted by atomic mass is 9.69. The second kappa shape index (κ2) is 8.78. The fraction of sp³-hybridized carbons (Fsp3) is 0.292. The lowest BCUT2D eigenvalue weighted by Gasteiger charge is -2.36. The molecule has 2 aliphatic rings. The van der Waals surface area contributed by atoms with E-state index in [-0.39, 0.29) is 11.7 Å². The van der Waals surface area contributed by atoms with E-state index in [1.165, 1.54) is 7.11 Å². The van der Waals surface area contributed by atoms with Crippen LogP contribution in [0.5, 0.6) is 0 Å². The monoisotopic (exact) mass is 475 g/mol. The van der Waals surface area contributed by atoms with Crippen LogP contribution < -0.4 is 0 Å². The molecule has 3 atom stereocenters. The summed E-state index contributed by atoms with van der Waals surface area (Å²) in [7, 11) is 1.34. The van der Waals surface area contributed by atoms with Crippen molar-refractivity contribution in [3.63, 3.8) is 0 Å². The third-order valence-electron chi connectivity index (χ3n) is 5.99. The third kappa shape index (κ3) is 4.17. The second-order valence-electron chi connectivity index (χ2n) is 7.85. The molecular weight excluding hydrogens is 457 g/mol. The van der Waals surface area contributed by atoms with Gasteiger partial charge in [0.05, 0.1) is 17.2 Å². The van der Waals surface area contributed by atoms with E-state index in [0.29, 0.717) is 44.9 Å². The molecule has 2 aromatic carbocycles. The number of rotatable bonds is 3. The highest BCUT2D eigenvalue weighted by Crippen LogP contribution is 2.47. The number of Topliss-reactive ketones (excluding diaryl/α,β-unsaturated/α-hetero) is 1. The van der Waals surface area contributed by atoms with Crippen molar-refractivity contribution >= 4 is 52.3 Å². The van der Waals surface area contributed by atoms with Gasteiger partial charge in [-0.2, -0.15) is 0 Å². The van der Waals surface area contributed by atoms with Gasteiger partial charge in [0, 0.05) is 34.3 Å². The molecule has 1 heterocycles. The van der Waals surface area contributed by atoms with Gasteiger partial charge in [-0.1, -0.05) is 53.0 Å². The van der Waals surface area contributed by atoms with Gasteiger partial charge in [0.25, 0.3) is 0 Å². The zero-order valence-electron chi connectivity index (χ0n) is 17.0. The first kappa shape index (κ1) is 22.1. The lowest BCUT2D eigenvalue weighted by molar-refractivity contribution is -0.143. The molecular formula is C24H20Cl3NO3. The maximum atomic E-state index is 13.4. The Morgan fingerprint density at radius 2 is 1.68 bits per heavy atom. The number of hydrogen-bond acceptors (Lipinski definition) is 4. The van der Waals surface area contributed by atoms with Crippen molar-refractivity contribution in [2.24, 2.45) is 10.9 Å². The number of esters is 1. The molecule has 4 nitrogen and oxygen atoms in total. The van der Waals surface area contributed by atoms with Crippen LogP contribution in [0.3, 0.4) is 0 Å². The molecule has 1 aliphatic heterocycles. The van der Waals surface area contributed by atoms with Crippen molar-refractivity contribution < 1.29 is 14.3 Å². The first-order valence-electron chi connectivity index (χ1n) is 9.89. The Labute approximate surface area is 195 Å². The molecule has 31 heavy (non-hydrogen) atoms. The molecule has 0 bridgehead atoms. The van der Waals surface area contributed by atoms with Gasteiger partial charge in [0.2, 0.25) is 0 Å². The van der Waals surface area contributed by atoms with E-state index in [4.69, 9.17) is 44.5 Å². The summed E-state index contributed by atoms with van der Waals surface area (Å²) in [6, 6.07) is 12.7. The Balaban J connectivity index is 1.82. The van der Waals surface area contributed by atoms with E-state index >= 15 is 0 Å². The zero-order valence-corrected chi connectivity index (χ0v) is 19.3. The highest BCUT2D eigenvalue weighted by Gasteiger charge is 2.44. The summed E-state index contributed by atoms with van der Waals surface area (Å²) < 4.78 is 5.06. The number of halogens is 3. The predicted octanol–water partition coefficient (Wildman–Crippen LogP) is 6.39. The van der Waals surface area contributed by atoms with Crippen LogP contribution in [-0.4, -0.2) is 24.6 Å². The van der Waals surface area contributed by atoms with Gasteiger partial charge in [-0.3, -0.25) is 14.6 Å². The smallest absolute Gasteiger partial charge is 0.315 e. The summed E-state index contributed by atoms with van der Waals surface area (Å²) in [4.78, 5) is 30.8. The third-order valence-corrected chi connectivity index (χ3v) is 6.98. The Morgan fingerprint density at radius 1 is 1.00 bits per heavy atom. The molecule has 0 aromatic heterocycles. The van der Waals surface area contributed by atoms with E-state index in [1.54, 1.807) is 25.1 Å². The summed E-state index contributed by atoms with van der Waals surface area (Å²) in [5, 5.41) is 1.43. The number of carbonyl (C=O) groups excluding carboxylic acids is 2. The van der Waals surface area contributed by atoms with Gasteiger partial charge >= 0.3 is 5.97 Å². The van der Waals surface area contributed by atoms with Crippen molar-refractivity contribution in [3.8, 4) is 0 Å². The molecule has 1 unspecified atom stereocenters. The quantitative estimate of drug-likeness (QED) is 0.482. The van der Waals surface area contributed by atoms with Crippen LogP contribution in [0.25, 0.3) is 0 Å². The van der Waals surface area contributed by atoms with Gasteiger partial charge in [0.1, 0.15) is 5.92 Å². The summed E-state index contributed by atoms with van der Waals surface area (Å²) in [6.07, 6.45) is 0.937. The zero-order chi connectivity index (χ0) is 22.3. The van der Waals surface area contributed by atoms with Crippen molar-refractivity contribution in [3.05, 3.63) is 79.9 Å². The van der Waals surface area contributed by atoms with E-state index in [1.807, 2.05) is 24.3 Å². The topological polar surface area (TPSA) is 55.7 Å². The molecule has 0 spiro atoms. The highest BCUT2D eigenvalue weighted by molar-refractivity contribution is 6.42. The molecule has 0 fully saturated rings. The van der Waals surface area contributed by atoms with Crippen molar-refractivity contribution in [2.45, 2.75) is 31.6 Å². The SMILES string of the molecule is COC(=O)C1C(C)=NC2=C(C(=O)C[C@H](c3ccc(Cl)cc3)C2)[C@H]1c1ccc(Cl)c(Cl)c1. The molecule has 7 heteroatoms. The van der Waals surface area contributed by atoms with Gasteiger partial charge < -0.3 is 4.74 Å². The summed E-state index contributed by atoms with van der Waals surface area (Å²) in [5.41, 5.74) is 3.67. The summed E-state index contributed by atoms with van der Waals surface area (Å²) in [6.45, 7) is 1.80. The van der Waals surface area contributed by atoms with Crippen LogP contribution in [0, 0.1) is 5.92 Å². The number of aliphatic imine (C=N–C) groups is 1. The van der Waals surface area contributed by atoms with Crippen molar-refractivity contribution in [1.29, 1.82) is 0 Å². The van der Waals surface area contributed by atoms with Crippen LogP contribution in [0.1, 0.15) is 42.7 Å². The molecule has 160 valence electrons. The number of ether oxygens (including phenoxy) is 1. The fourth-order valence-corrected chi connectivity index (χ4v) is 4.96. The lowest BCUT2D eigenvalue weighted by Crippen LogP contribution is -2.37.